The number of nitrogen functional groups attached to an aromatic ring is 1. The molecule has 0 saturated carbocycles. The molecule has 0 fully saturated rings. The number of halogens is 4. The molecule has 21 heavy (non-hydrogen) atoms. The molecule has 0 saturated heterocycles. The van der Waals surface area contributed by atoms with E-state index in [9.17, 15) is 12.8 Å². The maximum atomic E-state index is 13.8. The third kappa shape index (κ3) is 3.68. The van der Waals surface area contributed by atoms with Gasteiger partial charge in [0.2, 0.25) is 0 Å². The fourth-order valence-electron chi connectivity index (χ4n) is 1.52. The summed E-state index contributed by atoms with van der Waals surface area (Å²) in [6.45, 7) is 0. The van der Waals surface area contributed by atoms with Crippen LogP contribution in [-0.2, 0) is 10.0 Å². The number of sulfonamides is 1. The molecule has 0 atom stereocenters. The van der Waals surface area contributed by atoms with Crippen LogP contribution < -0.4 is 10.5 Å². The summed E-state index contributed by atoms with van der Waals surface area (Å²) >= 11 is 12.1. The quantitative estimate of drug-likeness (QED) is 0.671. The Morgan fingerprint density at radius 2 is 1.81 bits per heavy atom. The summed E-state index contributed by atoms with van der Waals surface area (Å²) in [5.74, 6) is -0.910. The Labute approximate surface area is 142 Å². The Bertz CT molecular complexity index is 815. The second-order valence-corrected chi connectivity index (χ2v) is 7.81. The van der Waals surface area contributed by atoms with Crippen molar-refractivity contribution < 1.29 is 12.8 Å². The lowest BCUT2D eigenvalue weighted by Crippen LogP contribution is -2.15. The van der Waals surface area contributed by atoms with Gasteiger partial charge in [-0.05, 0) is 62.2 Å². The normalized spacial score (nSPS) is 11.4. The van der Waals surface area contributed by atoms with Crippen LogP contribution >= 0.6 is 43.5 Å². The minimum Gasteiger partial charge on any atom is -0.398 e. The Morgan fingerprint density at radius 3 is 2.43 bits per heavy atom. The van der Waals surface area contributed by atoms with E-state index in [2.05, 4.69) is 36.6 Å². The van der Waals surface area contributed by atoms with Crippen LogP contribution in [0.4, 0.5) is 15.8 Å². The molecule has 0 heterocycles. The highest BCUT2D eigenvalue weighted by Crippen LogP contribution is 2.29. The molecule has 0 amide bonds. The van der Waals surface area contributed by atoms with Gasteiger partial charge in [-0.3, -0.25) is 4.72 Å². The van der Waals surface area contributed by atoms with E-state index in [1.54, 1.807) is 6.07 Å². The number of anilines is 2. The van der Waals surface area contributed by atoms with Gasteiger partial charge >= 0.3 is 0 Å². The van der Waals surface area contributed by atoms with Gasteiger partial charge < -0.3 is 5.73 Å². The minimum absolute atomic E-state index is 0.116. The summed E-state index contributed by atoms with van der Waals surface area (Å²) < 4.78 is 41.4. The van der Waals surface area contributed by atoms with Crippen LogP contribution in [0.3, 0.4) is 0 Å². The molecular weight excluding hydrogens is 450 g/mol. The van der Waals surface area contributed by atoms with Gasteiger partial charge in [-0.25, -0.2) is 12.8 Å². The van der Waals surface area contributed by atoms with Gasteiger partial charge in [0.05, 0.1) is 10.7 Å². The number of hydrogen-bond acceptors (Lipinski definition) is 3. The number of hydrogen-bond donors (Lipinski definition) is 2. The molecule has 3 N–H and O–H groups in total. The maximum absolute atomic E-state index is 13.8. The zero-order chi connectivity index (χ0) is 15.8. The summed E-state index contributed by atoms with van der Waals surface area (Å²) in [6, 6.07) is 6.52. The van der Waals surface area contributed by atoms with Crippen molar-refractivity contribution in [1.82, 2.24) is 0 Å². The molecule has 112 valence electrons. The second kappa shape index (κ2) is 6.12. The van der Waals surface area contributed by atoms with Gasteiger partial charge in [-0.15, -0.1) is 0 Å². The van der Waals surface area contributed by atoms with E-state index in [0.29, 0.717) is 9.50 Å². The highest BCUT2D eigenvalue weighted by atomic mass is 79.9. The molecule has 0 bridgehead atoms. The van der Waals surface area contributed by atoms with Gasteiger partial charge in [0.15, 0.2) is 0 Å². The zero-order valence-corrected chi connectivity index (χ0v) is 14.9. The molecule has 0 aliphatic heterocycles. The topological polar surface area (TPSA) is 72.2 Å². The molecule has 0 aromatic heterocycles. The number of nitrogens with two attached hydrogens (primary N) is 1. The van der Waals surface area contributed by atoms with Crippen LogP contribution in [0.25, 0.3) is 0 Å². The first-order valence-corrected chi connectivity index (χ1v) is 8.88. The summed E-state index contributed by atoms with van der Waals surface area (Å²) in [7, 11) is -4.11. The molecular formula is C12H8Br2ClFN2O2S. The SMILES string of the molecule is Nc1cc(S(=O)(=O)Nc2ccc(Br)c(Cl)c2)c(F)cc1Br. The Morgan fingerprint density at radius 1 is 1.14 bits per heavy atom. The van der Waals surface area contributed by atoms with Crippen molar-refractivity contribution in [3.8, 4) is 0 Å². The van der Waals surface area contributed by atoms with Crippen molar-refractivity contribution in [3.05, 3.63) is 50.1 Å². The molecule has 4 nitrogen and oxygen atoms in total. The maximum Gasteiger partial charge on any atom is 0.264 e. The first-order valence-electron chi connectivity index (χ1n) is 5.43. The van der Waals surface area contributed by atoms with Gasteiger partial charge in [0.1, 0.15) is 10.7 Å². The fraction of sp³-hybridized carbons (Fsp3) is 0. The summed E-state index contributed by atoms with van der Waals surface area (Å²) in [6.07, 6.45) is 0. The van der Waals surface area contributed by atoms with Gasteiger partial charge in [-0.1, -0.05) is 11.6 Å². The first kappa shape index (κ1) is 16.5. The largest absolute Gasteiger partial charge is 0.398 e. The van der Waals surface area contributed by atoms with Crippen molar-refractivity contribution in [3.63, 3.8) is 0 Å². The molecule has 2 aromatic rings. The highest BCUT2D eigenvalue weighted by molar-refractivity contribution is 9.11. The van der Waals surface area contributed by atoms with Gasteiger partial charge in [-0.2, -0.15) is 0 Å². The predicted molar refractivity (Wildman–Crippen MR) is 88.5 cm³/mol. The average Bonchev–Trinajstić information content (AvgIpc) is 2.37. The molecule has 2 aromatic carbocycles. The molecule has 0 unspecified atom stereocenters. The molecule has 9 heteroatoms. The van der Waals surface area contributed by atoms with E-state index in [1.807, 2.05) is 0 Å². The van der Waals surface area contributed by atoms with Crippen molar-refractivity contribution >= 4 is 64.9 Å². The Hall–Kier alpha value is -0.830. The minimum atomic E-state index is -4.11. The standard InChI is InChI=1S/C12H8Br2ClFN2O2S/c13-7-2-1-6(3-9(7)15)18-21(19,20)12-5-11(17)8(14)4-10(12)16/h1-5,18H,17H2. The molecule has 2 rings (SSSR count). The van der Waals surface area contributed by atoms with Crippen LogP contribution in [0.2, 0.25) is 5.02 Å². The van der Waals surface area contributed by atoms with Crippen LogP contribution in [-0.4, -0.2) is 8.42 Å². The van der Waals surface area contributed by atoms with E-state index >= 15 is 0 Å². The van der Waals surface area contributed by atoms with E-state index in [0.717, 1.165) is 12.1 Å². The zero-order valence-electron chi connectivity index (χ0n) is 10.2. The third-order valence-corrected chi connectivity index (χ3v) is 5.83. The molecule has 0 radical (unpaired) electrons. The lowest BCUT2D eigenvalue weighted by Gasteiger charge is -2.11. The summed E-state index contributed by atoms with van der Waals surface area (Å²) in [5, 5.41) is 0.325. The number of nitrogens with one attached hydrogen (secondary N) is 1. The monoisotopic (exact) mass is 456 g/mol. The second-order valence-electron chi connectivity index (χ2n) is 4.04. The van der Waals surface area contributed by atoms with E-state index < -0.39 is 20.7 Å². The lowest BCUT2D eigenvalue weighted by molar-refractivity contribution is 0.570. The predicted octanol–water partition coefficient (Wildman–Crippen LogP) is 4.39. The smallest absolute Gasteiger partial charge is 0.264 e. The van der Waals surface area contributed by atoms with Gasteiger partial charge in [0.25, 0.3) is 10.0 Å². The first-order chi connectivity index (χ1) is 9.70. The lowest BCUT2D eigenvalue weighted by atomic mass is 10.3. The molecule has 0 aliphatic carbocycles. The molecule has 0 spiro atoms. The van der Waals surface area contributed by atoms with Crippen molar-refractivity contribution in [2.75, 3.05) is 10.5 Å². The Kier molecular flexibility index (Phi) is 4.82. The van der Waals surface area contributed by atoms with Crippen molar-refractivity contribution in [2.24, 2.45) is 0 Å². The van der Waals surface area contributed by atoms with Crippen molar-refractivity contribution in [1.29, 1.82) is 0 Å². The van der Waals surface area contributed by atoms with Crippen LogP contribution in [0, 0.1) is 5.82 Å². The summed E-state index contributed by atoms with van der Waals surface area (Å²) in [5.41, 5.74) is 5.92. The van der Waals surface area contributed by atoms with E-state index in [4.69, 9.17) is 17.3 Å². The number of rotatable bonds is 3. The fourth-order valence-corrected chi connectivity index (χ4v) is 3.41. The third-order valence-electron chi connectivity index (χ3n) is 2.51. The number of benzene rings is 2. The molecule has 0 aliphatic rings. The van der Waals surface area contributed by atoms with Gasteiger partial charge in [0, 0.05) is 14.6 Å². The average molecular weight is 459 g/mol. The Balaban J connectivity index is 2.43. The van der Waals surface area contributed by atoms with Crippen molar-refractivity contribution in [2.45, 2.75) is 4.90 Å². The van der Waals surface area contributed by atoms with E-state index in [1.165, 1.54) is 12.1 Å². The van der Waals surface area contributed by atoms with Crippen LogP contribution in [0.1, 0.15) is 0 Å². The van der Waals surface area contributed by atoms with Crippen LogP contribution in [0.5, 0.6) is 0 Å². The highest BCUT2D eigenvalue weighted by Gasteiger charge is 2.21. The van der Waals surface area contributed by atoms with E-state index in [-0.39, 0.29) is 15.8 Å². The van der Waals surface area contributed by atoms with Crippen LogP contribution in [0.15, 0.2) is 44.2 Å². The summed E-state index contributed by atoms with van der Waals surface area (Å²) in [4.78, 5) is -0.540.